The van der Waals surface area contributed by atoms with Crippen molar-refractivity contribution < 1.29 is 0 Å². The Hall–Kier alpha value is -1.24. The molecule has 0 saturated carbocycles. The minimum Gasteiger partial charge on any atom is -0.354 e. The summed E-state index contributed by atoms with van der Waals surface area (Å²) in [6.07, 6.45) is 1.10. The van der Waals surface area contributed by atoms with Gasteiger partial charge in [0, 0.05) is 26.7 Å². The van der Waals surface area contributed by atoms with Gasteiger partial charge in [0.05, 0.1) is 0 Å². The van der Waals surface area contributed by atoms with Crippen molar-refractivity contribution in [1.82, 2.24) is 15.0 Å². The van der Waals surface area contributed by atoms with Crippen molar-refractivity contribution in [3.05, 3.63) is 0 Å². The van der Waals surface area contributed by atoms with E-state index in [0.717, 1.165) is 24.5 Å². The smallest absolute Gasteiger partial charge is 0.231 e. The van der Waals surface area contributed by atoms with Crippen LogP contribution in [0.4, 0.5) is 17.8 Å². The van der Waals surface area contributed by atoms with Crippen LogP contribution in [-0.4, -0.2) is 53.1 Å². The van der Waals surface area contributed by atoms with Crippen LogP contribution in [-0.2, 0) is 0 Å². The van der Waals surface area contributed by atoms with Gasteiger partial charge in [0.25, 0.3) is 0 Å². The summed E-state index contributed by atoms with van der Waals surface area (Å²) in [5.41, 5.74) is 0. The highest BCUT2D eigenvalue weighted by atomic mass is 32.2. The van der Waals surface area contributed by atoms with Gasteiger partial charge in [-0.05, 0) is 31.8 Å². The fraction of sp³-hybridized carbons (Fsp3) is 0.769. The fourth-order valence-electron chi connectivity index (χ4n) is 1.56. The molecule has 1 atom stereocenters. The maximum absolute atomic E-state index is 4.43. The van der Waals surface area contributed by atoms with Crippen LogP contribution >= 0.6 is 11.8 Å². The number of rotatable bonds is 9. The first-order chi connectivity index (χ1) is 9.56. The van der Waals surface area contributed by atoms with Crippen molar-refractivity contribution >= 4 is 29.6 Å². The summed E-state index contributed by atoms with van der Waals surface area (Å²) in [6.45, 7) is 7.15. The van der Waals surface area contributed by atoms with Gasteiger partial charge in [-0.15, -0.1) is 0 Å². The molecule has 20 heavy (non-hydrogen) atoms. The number of hydrogen-bond acceptors (Lipinski definition) is 7. The first-order valence-corrected chi connectivity index (χ1v) is 8.23. The summed E-state index contributed by atoms with van der Waals surface area (Å²) >= 11 is 1.95. The van der Waals surface area contributed by atoms with Crippen molar-refractivity contribution in [2.75, 3.05) is 47.7 Å². The Morgan fingerprint density at radius 2 is 1.85 bits per heavy atom. The van der Waals surface area contributed by atoms with Gasteiger partial charge >= 0.3 is 0 Å². The van der Waals surface area contributed by atoms with Gasteiger partial charge in [-0.2, -0.15) is 26.7 Å². The summed E-state index contributed by atoms with van der Waals surface area (Å²) in [7, 11) is 3.85. The van der Waals surface area contributed by atoms with Gasteiger partial charge in [0.1, 0.15) is 0 Å². The first kappa shape index (κ1) is 16.8. The van der Waals surface area contributed by atoms with E-state index < -0.39 is 0 Å². The molecule has 1 rings (SSSR count). The molecule has 0 aliphatic carbocycles. The SMILES string of the molecule is CCNc1nc(NC(C)CCSCC)nc(N(C)C)n1. The lowest BCUT2D eigenvalue weighted by atomic mass is 10.3. The molecule has 7 heteroatoms. The third kappa shape index (κ3) is 5.81. The quantitative estimate of drug-likeness (QED) is 0.678. The molecule has 0 bridgehead atoms. The molecule has 1 aromatic rings. The van der Waals surface area contributed by atoms with Gasteiger partial charge in [0.2, 0.25) is 17.8 Å². The predicted octanol–water partition coefficient (Wildman–Crippen LogP) is 2.31. The maximum Gasteiger partial charge on any atom is 0.231 e. The third-order valence-corrected chi connectivity index (χ3v) is 3.57. The molecule has 0 radical (unpaired) electrons. The van der Waals surface area contributed by atoms with E-state index in [0.29, 0.717) is 23.9 Å². The molecule has 1 unspecified atom stereocenters. The Kier molecular flexibility index (Phi) is 7.43. The number of hydrogen-bond donors (Lipinski definition) is 2. The second-order valence-corrected chi connectivity index (χ2v) is 6.13. The average molecular weight is 298 g/mol. The van der Waals surface area contributed by atoms with Crippen molar-refractivity contribution in [1.29, 1.82) is 0 Å². The summed E-state index contributed by atoms with van der Waals surface area (Å²) in [5.74, 6) is 4.22. The molecular formula is C13H26N6S. The van der Waals surface area contributed by atoms with Crippen LogP contribution in [0.1, 0.15) is 27.2 Å². The molecule has 0 spiro atoms. The first-order valence-electron chi connectivity index (χ1n) is 7.08. The van der Waals surface area contributed by atoms with Crippen LogP contribution in [0.3, 0.4) is 0 Å². The van der Waals surface area contributed by atoms with Crippen molar-refractivity contribution in [3.63, 3.8) is 0 Å². The van der Waals surface area contributed by atoms with Crippen LogP contribution in [0.15, 0.2) is 0 Å². The molecule has 1 aromatic heterocycles. The summed E-state index contributed by atoms with van der Waals surface area (Å²) < 4.78 is 0. The highest BCUT2D eigenvalue weighted by molar-refractivity contribution is 7.99. The second-order valence-electron chi connectivity index (χ2n) is 4.74. The average Bonchev–Trinajstić information content (AvgIpc) is 2.39. The van der Waals surface area contributed by atoms with E-state index in [1.54, 1.807) is 0 Å². The van der Waals surface area contributed by atoms with Gasteiger partial charge < -0.3 is 15.5 Å². The van der Waals surface area contributed by atoms with E-state index in [4.69, 9.17) is 0 Å². The Bertz CT molecular complexity index is 398. The van der Waals surface area contributed by atoms with E-state index in [1.165, 1.54) is 0 Å². The lowest BCUT2D eigenvalue weighted by molar-refractivity contribution is 0.756. The minimum absolute atomic E-state index is 0.348. The van der Waals surface area contributed by atoms with E-state index in [9.17, 15) is 0 Å². The van der Waals surface area contributed by atoms with E-state index in [1.807, 2.05) is 37.7 Å². The monoisotopic (exact) mass is 298 g/mol. The molecule has 6 nitrogen and oxygen atoms in total. The van der Waals surface area contributed by atoms with Crippen LogP contribution in [0.25, 0.3) is 0 Å². The molecule has 114 valence electrons. The molecule has 0 aromatic carbocycles. The molecule has 0 fully saturated rings. The number of nitrogens with zero attached hydrogens (tertiary/aromatic N) is 4. The number of thioether (sulfide) groups is 1. The van der Waals surface area contributed by atoms with Gasteiger partial charge in [-0.1, -0.05) is 6.92 Å². The second kappa shape index (κ2) is 8.84. The Balaban J connectivity index is 2.72. The van der Waals surface area contributed by atoms with Gasteiger partial charge in [-0.3, -0.25) is 0 Å². The zero-order valence-corrected chi connectivity index (χ0v) is 13.9. The maximum atomic E-state index is 4.43. The predicted molar refractivity (Wildman–Crippen MR) is 89.0 cm³/mol. The zero-order valence-electron chi connectivity index (χ0n) is 13.1. The Morgan fingerprint density at radius 3 is 2.45 bits per heavy atom. The molecule has 0 aliphatic rings. The van der Waals surface area contributed by atoms with E-state index in [-0.39, 0.29) is 0 Å². The standard InChI is InChI=1S/C13H26N6S/c1-6-14-11-16-12(18-13(17-11)19(4)5)15-10(3)8-9-20-7-2/h10H,6-9H2,1-5H3,(H2,14,15,16,17,18). The van der Waals surface area contributed by atoms with Crippen molar-refractivity contribution in [2.45, 2.75) is 33.2 Å². The number of nitrogens with one attached hydrogen (secondary N) is 2. The third-order valence-electron chi connectivity index (χ3n) is 2.63. The molecular weight excluding hydrogens is 272 g/mol. The highest BCUT2D eigenvalue weighted by Gasteiger charge is 2.10. The number of anilines is 3. The van der Waals surface area contributed by atoms with E-state index >= 15 is 0 Å². The molecule has 2 N–H and O–H groups in total. The fourth-order valence-corrected chi connectivity index (χ4v) is 2.37. The summed E-state index contributed by atoms with van der Waals surface area (Å²) in [5, 5.41) is 6.49. The largest absolute Gasteiger partial charge is 0.354 e. The summed E-state index contributed by atoms with van der Waals surface area (Å²) in [6, 6.07) is 0.348. The topological polar surface area (TPSA) is 66.0 Å². The lowest BCUT2D eigenvalue weighted by Crippen LogP contribution is -2.21. The van der Waals surface area contributed by atoms with Crippen molar-refractivity contribution in [3.8, 4) is 0 Å². The van der Waals surface area contributed by atoms with Crippen LogP contribution in [0.5, 0.6) is 0 Å². The molecule has 0 amide bonds. The molecule has 1 heterocycles. The van der Waals surface area contributed by atoms with Crippen LogP contribution in [0, 0.1) is 0 Å². The van der Waals surface area contributed by atoms with Crippen LogP contribution < -0.4 is 15.5 Å². The zero-order chi connectivity index (χ0) is 15.0. The summed E-state index contributed by atoms with van der Waals surface area (Å²) in [4.78, 5) is 15.1. The van der Waals surface area contributed by atoms with Crippen molar-refractivity contribution in [2.24, 2.45) is 0 Å². The van der Waals surface area contributed by atoms with Gasteiger partial charge in [0.15, 0.2) is 0 Å². The van der Waals surface area contributed by atoms with Gasteiger partial charge in [-0.25, -0.2) is 0 Å². The highest BCUT2D eigenvalue weighted by Crippen LogP contribution is 2.13. The lowest BCUT2D eigenvalue weighted by Gasteiger charge is -2.17. The van der Waals surface area contributed by atoms with E-state index in [2.05, 4.69) is 39.4 Å². The Morgan fingerprint density at radius 1 is 1.15 bits per heavy atom. The van der Waals surface area contributed by atoms with Crippen LogP contribution in [0.2, 0.25) is 0 Å². The molecule has 0 aliphatic heterocycles. The number of aromatic nitrogens is 3. The Labute approximate surface area is 126 Å². The minimum atomic E-state index is 0.348. The normalized spacial score (nSPS) is 12.1. The molecule has 0 saturated heterocycles.